The third-order valence-electron chi connectivity index (χ3n) is 4.82. The molecule has 1 N–H and O–H groups in total. The van der Waals surface area contributed by atoms with Gasteiger partial charge in [-0.05, 0) is 36.5 Å². The van der Waals surface area contributed by atoms with E-state index in [4.69, 9.17) is 0 Å². The molecule has 20 heavy (non-hydrogen) atoms. The first-order valence-corrected chi connectivity index (χ1v) is 8.91. The summed E-state index contributed by atoms with van der Waals surface area (Å²) in [4.78, 5) is 0. The maximum Gasteiger partial charge on any atom is 0.0658 e. The minimum absolute atomic E-state index is 0.289. The van der Waals surface area contributed by atoms with Gasteiger partial charge >= 0.3 is 0 Å². The van der Waals surface area contributed by atoms with Gasteiger partial charge in [0.15, 0.2) is 0 Å². The van der Waals surface area contributed by atoms with Gasteiger partial charge in [0, 0.05) is 0 Å². The minimum atomic E-state index is -0.408. The highest BCUT2D eigenvalue weighted by Crippen LogP contribution is 2.51. The van der Waals surface area contributed by atoms with Crippen molar-refractivity contribution >= 4 is 0 Å². The molecule has 0 saturated heterocycles. The van der Waals surface area contributed by atoms with E-state index in [9.17, 15) is 5.11 Å². The predicted octanol–water partition coefficient (Wildman–Crippen LogP) is 6.09. The van der Waals surface area contributed by atoms with E-state index >= 15 is 0 Å². The van der Waals surface area contributed by atoms with E-state index in [-0.39, 0.29) is 10.8 Å². The zero-order valence-electron chi connectivity index (χ0n) is 14.7. The number of rotatable bonds is 8. The summed E-state index contributed by atoms with van der Waals surface area (Å²) in [5.74, 6) is 0. The van der Waals surface area contributed by atoms with Crippen LogP contribution in [0, 0.1) is 10.8 Å². The zero-order chi connectivity index (χ0) is 15.3. The molecule has 1 aliphatic rings. The van der Waals surface area contributed by atoms with E-state index in [1.807, 2.05) is 0 Å². The second kappa shape index (κ2) is 7.29. The molecule has 0 bridgehead atoms. The fourth-order valence-electron chi connectivity index (χ4n) is 4.85. The van der Waals surface area contributed by atoms with Gasteiger partial charge in [-0.1, -0.05) is 79.6 Å². The van der Waals surface area contributed by atoms with Crippen LogP contribution in [0.4, 0.5) is 0 Å². The molecule has 1 nitrogen and oxygen atoms in total. The Labute approximate surface area is 127 Å². The van der Waals surface area contributed by atoms with Gasteiger partial charge in [-0.25, -0.2) is 0 Å². The number of aliphatic hydroxyl groups is 1. The van der Waals surface area contributed by atoms with Gasteiger partial charge in [-0.3, -0.25) is 0 Å². The van der Waals surface area contributed by atoms with Gasteiger partial charge in [-0.15, -0.1) is 0 Å². The molecule has 1 fully saturated rings. The summed E-state index contributed by atoms with van der Waals surface area (Å²) in [7, 11) is 0. The van der Waals surface area contributed by atoms with Crippen molar-refractivity contribution in [3.63, 3.8) is 0 Å². The summed E-state index contributed by atoms with van der Waals surface area (Å²) in [5, 5.41) is 11.0. The number of hydrogen-bond acceptors (Lipinski definition) is 1. The molecule has 120 valence electrons. The third-order valence-corrected chi connectivity index (χ3v) is 4.82. The van der Waals surface area contributed by atoms with Crippen LogP contribution in [0.25, 0.3) is 0 Å². The summed E-state index contributed by atoms with van der Waals surface area (Å²) in [6.45, 7) is 11.6. The van der Waals surface area contributed by atoms with Crippen LogP contribution in [0.15, 0.2) is 0 Å². The third kappa shape index (κ3) is 6.61. The molecule has 0 heterocycles. The van der Waals surface area contributed by atoms with E-state index < -0.39 is 5.60 Å². The highest BCUT2D eigenvalue weighted by atomic mass is 16.3. The van der Waals surface area contributed by atoms with E-state index in [2.05, 4.69) is 34.6 Å². The summed E-state index contributed by atoms with van der Waals surface area (Å²) in [6.07, 6.45) is 13.5. The van der Waals surface area contributed by atoms with Crippen molar-refractivity contribution in [1.29, 1.82) is 0 Å². The molecule has 0 aromatic heterocycles. The second-order valence-corrected chi connectivity index (χ2v) is 8.95. The number of hydrogen-bond donors (Lipinski definition) is 1. The van der Waals surface area contributed by atoms with Crippen LogP contribution in [0.5, 0.6) is 0 Å². The van der Waals surface area contributed by atoms with Crippen molar-refractivity contribution in [3.8, 4) is 0 Å². The second-order valence-electron chi connectivity index (χ2n) is 8.95. The quantitative estimate of drug-likeness (QED) is 0.534. The fraction of sp³-hybridized carbons (Fsp3) is 1.00. The molecular formula is C19H38O. The molecule has 1 aliphatic carbocycles. The zero-order valence-corrected chi connectivity index (χ0v) is 14.7. The minimum Gasteiger partial charge on any atom is -0.390 e. The van der Waals surface area contributed by atoms with Crippen molar-refractivity contribution in [2.75, 3.05) is 0 Å². The van der Waals surface area contributed by atoms with Gasteiger partial charge in [0.25, 0.3) is 0 Å². The predicted molar refractivity (Wildman–Crippen MR) is 89.0 cm³/mol. The van der Waals surface area contributed by atoms with E-state index in [0.717, 1.165) is 19.3 Å². The topological polar surface area (TPSA) is 20.2 Å². The fourth-order valence-corrected chi connectivity index (χ4v) is 4.85. The summed E-state index contributed by atoms with van der Waals surface area (Å²) < 4.78 is 0. The van der Waals surface area contributed by atoms with Crippen LogP contribution in [0.1, 0.15) is 105 Å². The van der Waals surface area contributed by atoms with Crippen molar-refractivity contribution in [2.45, 2.75) is 111 Å². The van der Waals surface area contributed by atoms with Crippen LogP contribution in [-0.2, 0) is 0 Å². The molecule has 0 amide bonds. The summed E-state index contributed by atoms with van der Waals surface area (Å²) >= 11 is 0. The number of unbranched alkanes of at least 4 members (excludes halogenated alkanes) is 6. The monoisotopic (exact) mass is 282 g/mol. The average molecular weight is 283 g/mol. The Morgan fingerprint density at radius 1 is 0.700 bits per heavy atom. The van der Waals surface area contributed by atoms with Gasteiger partial charge in [0.05, 0.1) is 5.60 Å². The standard InChI is InChI=1S/C19H38O/c1-6-7-8-9-10-11-12-13-19(20)15-17(2,3)14-18(4,5)16-19/h20H,6-16H2,1-5H3. The van der Waals surface area contributed by atoms with Gasteiger partial charge in [0.1, 0.15) is 0 Å². The molecule has 0 radical (unpaired) electrons. The molecule has 1 heteroatoms. The normalized spacial score (nSPS) is 23.7. The summed E-state index contributed by atoms with van der Waals surface area (Å²) in [5.41, 5.74) is 0.171. The maximum atomic E-state index is 11.0. The van der Waals surface area contributed by atoms with Crippen LogP contribution in [-0.4, -0.2) is 10.7 Å². The Morgan fingerprint density at radius 3 is 1.65 bits per heavy atom. The van der Waals surface area contributed by atoms with Crippen molar-refractivity contribution in [1.82, 2.24) is 0 Å². The molecule has 0 aromatic rings. The van der Waals surface area contributed by atoms with Crippen LogP contribution >= 0.6 is 0 Å². The Hall–Kier alpha value is -0.0400. The van der Waals surface area contributed by atoms with Crippen molar-refractivity contribution < 1.29 is 5.11 Å². The highest BCUT2D eigenvalue weighted by Gasteiger charge is 2.45. The van der Waals surface area contributed by atoms with Crippen LogP contribution in [0.3, 0.4) is 0 Å². The van der Waals surface area contributed by atoms with Crippen LogP contribution in [0.2, 0.25) is 0 Å². The van der Waals surface area contributed by atoms with Gasteiger partial charge in [0.2, 0.25) is 0 Å². The Balaban J connectivity index is 2.30. The molecule has 1 saturated carbocycles. The highest BCUT2D eigenvalue weighted by molar-refractivity contribution is 4.97. The first kappa shape index (κ1) is 18.0. The van der Waals surface area contributed by atoms with Crippen LogP contribution < -0.4 is 0 Å². The maximum absolute atomic E-state index is 11.0. The molecular weight excluding hydrogens is 244 g/mol. The average Bonchev–Trinajstić information content (AvgIpc) is 2.22. The van der Waals surface area contributed by atoms with Crippen molar-refractivity contribution in [3.05, 3.63) is 0 Å². The Kier molecular flexibility index (Phi) is 6.57. The van der Waals surface area contributed by atoms with Gasteiger partial charge in [-0.2, -0.15) is 0 Å². The molecule has 0 unspecified atom stereocenters. The lowest BCUT2D eigenvalue weighted by molar-refractivity contribution is -0.0915. The molecule has 0 aliphatic heterocycles. The lowest BCUT2D eigenvalue weighted by Gasteiger charge is -2.49. The van der Waals surface area contributed by atoms with Gasteiger partial charge < -0.3 is 5.11 Å². The molecule has 0 spiro atoms. The Morgan fingerprint density at radius 2 is 1.15 bits per heavy atom. The molecule has 0 aromatic carbocycles. The first-order chi connectivity index (χ1) is 9.18. The first-order valence-electron chi connectivity index (χ1n) is 8.91. The summed E-state index contributed by atoms with van der Waals surface area (Å²) in [6, 6.07) is 0. The lowest BCUT2D eigenvalue weighted by atomic mass is 9.59. The lowest BCUT2D eigenvalue weighted by Crippen LogP contribution is -2.46. The largest absolute Gasteiger partial charge is 0.390 e. The smallest absolute Gasteiger partial charge is 0.0658 e. The van der Waals surface area contributed by atoms with E-state index in [1.54, 1.807) is 0 Å². The SMILES string of the molecule is CCCCCCCCCC1(O)CC(C)(C)CC(C)(C)C1. The molecule has 1 rings (SSSR count). The van der Waals surface area contributed by atoms with Crippen molar-refractivity contribution in [2.24, 2.45) is 10.8 Å². The Bertz CT molecular complexity index is 261. The van der Waals surface area contributed by atoms with E-state index in [1.165, 1.54) is 51.4 Å². The molecule has 0 atom stereocenters. The van der Waals surface area contributed by atoms with E-state index in [0.29, 0.717) is 0 Å².